The molecule has 4 aromatic rings. The first-order valence-corrected chi connectivity index (χ1v) is 10.5. The van der Waals surface area contributed by atoms with Crippen LogP contribution in [0, 0.1) is 11.6 Å². The van der Waals surface area contributed by atoms with Gasteiger partial charge in [0, 0.05) is 23.0 Å². The van der Waals surface area contributed by atoms with E-state index in [-0.39, 0.29) is 11.4 Å². The van der Waals surface area contributed by atoms with Crippen LogP contribution in [0.1, 0.15) is 0 Å². The standard InChI is InChI=1S/C22H15ClF2N4OS/c23-17-9-5-4-8-16(17)21-27-28-22(29(21)15-6-2-1-3-7-15)31-13-20(30)26-14-10-11-18(24)19(25)12-14/h1-12H,13H2,(H,26,30). The third-order valence-corrected chi connectivity index (χ3v) is 5.56. The molecular formula is C22H15ClF2N4OS. The Balaban J connectivity index is 1.59. The number of aromatic nitrogens is 3. The number of nitrogens with zero attached hydrogens (tertiary/aromatic N) is 3. The predicted molar refractivity (Wildman–Crippen MR) is 118 cm³/mol. The summed E-state index contributed by atoms with van der Waals surface area (Å²) in [6.07, 6.45) is 0. The Kier molecular flexibility index (Phi) is 6.29. The highest BCUT2D eigenvalue weighted by molar-refractivity contribution is 7.99. The van der Waals surface area contributed by atoms with E-state index in [9.17, 15) is 13.6 Å². The van der Waals surface area contributed by atoms with Crippen LogP contribution in [0.2, 0.25) is 5.02 Å². The van der Waals surface area contributed by atoms with E-state index in [0.717, 1.165) is 29.6 Å². The molecule has 1 aromatic heterocycles. The summed E-state index contributed by atoms with van der Waals surface area (Å²) < 4.78 is 28.2. The summed E-state index contributed by atoms with van der Waals surface area (Å²) >= 11 is 7.52. The molecule has 4 rings (SSSR count). The van der Waals surface area contributed by atoms with Gasteiger partial charge in [-0.15, -0.1) is 10.2 Å². The van der Waals surface area contributed by atoms with Gasteiger partial charge in [0.15, 0.2) is 22.6 Å². The van der Waals surface area contributed by atoms with E-state index >= 15 is 0 Å². The van der Waals surface area contributed by atoms with Gasteiger partial charge in [-0.1, -0.05) is 53.7 Å². The van der Waals surface area contributed by atoms with E-state index in [4.69, 9.17) is 11.6 Å². The number of rotatable bonds is 6. The third-order valence-electron chi connectivity index (χ3n) is 4.30. The number of halogens is 3. The summed E-state index contributed by atoms with van der Waals surface area (Å²) in [7, 11) is 0. The molecule has 31 heavy (non-hydrogen) atoms. The number of hydrogen-bond acceptors (Lipinski definition) is 4. The van der Waals surface area contributed by atoms with Gasteiger partial charge in [0.05, 0.1) is 10.8 Å². The van der Waals surface area contributed by atoms with Gasteiger partial charge >= 0.3 is 0 Å². The molecule has 0 spiro atoms. The van der Waals surface area contributed by atoms with Crippen LogP contribution in [0.25, 0.3) is 17.1 Å². The van der Waals surface area contributed by atoms with E-state index in [1.807, 2.05) is 53.1 Å². The minimum Gasteiger partial charge on any atom is -0.325 e. The Bertz CT molecular complexity index is 1230. The lowest BCUT2D eigenvalue weighted by atomic mass is 10.2. The van der Waals surface area contributed by atoms with Crippen molar-refractivity contribution >= 4 is 35.0 Å². The fourth-order valence-corrected chi connectivity index (χ4v) is 3.86. The van der Waals surface area contributed by atoms with Crippen molar-refractivity contribution < 1.29 is 13.6 Å². The van der Waals surface area contributed by atoms with Crippen LogP contribution in [0.4, 0.5) is 14.5 Å². The van der Waals surface area contributed by atoms with Crippen LogP contribution in [0.15, 0.2) is 78.0 Å². The number of anilines is 1. The van der Waals surface area contributed by atoms with Gasteiger partial charge < -0.3 is 5.32 Å². The molecule has 5 nitrogen and oxygen atoms in total. The number of para-hydroxylation sites is 1. The molecule has 1 N–H and O–H groups in total. The van der Waals surface area contributed by atoms with Crippen LogP contribution in [0.5, 0.6) is 0 Å². The zero-order chi connectivity index (χ0) is 21.8. The van der Waals surface area contributed by atoms with Crippen molar-refractivity contribution in [1.82, 2.24) is 14.8 Å². The zero-order valence-corrected chi connectivity index (χ0v) is 17.5. The molecule has 0 atom stereocenters. The molecule has 0 saturated carbocycles. The van der Waals surface area contributed by atoms with E-state index in [1.54, 1.807) is 6.07 Å². The van der Waals surface area contributed by atoms with Crippen LogP contribution in [0.3, 0.4) is 0 Å². The number of hydrogen-bond donors (Lipinski definition) is 1. The van der Waals surface area contributed by atoms with Crippen LogP contribution >= 0.6 is 23.4 Å². The second-order valence-corrected chi connectivity index (χ2v) is 7.77. The monoisotopic (exact) mass is 456 g/mol. The lowest BCUT2D eigenvalue weighted by Crippen LogP contribution is -2.15. The largest absolute Gasteiger partial charge is 0.325 e. The maximum Gasteiger partial charge on any atom is 0.234 e. The fourth-order valence-electron chi connectivity index (χ4n) is 2.89. The van der Waals surface area contributed by atoms with Crippen molar-refractivity contribution in [2.75, 3.05) is 11.1 Å². The topological polar surface area (TPSA) is 59.8 Å². The lowest BCUT2D eigenvalue weighted by Gasteiger charge is -2.11. The summed E-state index contributed by atoms with van der Waals surface area (Å²) in [4.78, 5) is 12.3. The molecule has 1 amide bonds. The highest BCUT2D eigenvalue weighted by Gasteiger charge is 2.19. The summed E-state index contributed by atoms with van der Waals surface area (Å²) in [5, 5.41) is 12.1. The number of carbonyl (C=O) groups is 1. The molecule has 0 unspecified atom stereocenters. The first kappa shape index (κ1) is 21.0. The lowest BCUT2D eigenvalue weighted by molar-refractivity contribution is -0.113. The second kappa shape index (κ2) is 9.28. The Morgan fingerprint density at radius 2 is 1.71 bits per heavy atom. The van der Waals surface area contributed by atoms with E-state index < -0.39 is 17.5 Å². The van der Waals surface area contributed by atoms with E-state index in [2.05, 4.69) is 15.5 Å². The van der Waals surface area contributed by atoms with Gasteiger partial charge in [-0.25, -0.2) is 8.78 Å². The Hall–Kier alpha value is -3.23. The van der Waals surface area contributed by atoms with Gasteiger partial charge in [0.2, 0.25) is 5.91 Å². The average Bonchev–Trinajstić information content (AvgIpc) is 3.19. The van der Waals surface area contributed by atoms with Crippen LogP contribution in [-0.2, 0) is 4.79 Å². The molecule has 0 fully saturated rings. The van der Waals surface area contributed by atoms with Crippen molar-refractivity contribution in [3.63, 3.8) is 0 Å². The summed E-state index contributed by atoms with van der Waals surface area (Å²) in [5.74, 6) is -1.86. The van der Waals surface area contributed by atoms with Crippen LogP contribution in [-0.4, -0.2) is 26.4 Å². The second-order valence-electron chi connectivity index (χ2n) is 6.42. The average molecular weight is 457 g/mol. The Morgan fingerprint density at radius 3 is 2.45 bits per heavy atom. The van der Waals surface area contributed by atoms with Crippen molar-refractivity contribution in [1.29, 1.82) is 0 Å². The molecule has 0 aliphatic rings. The third kappa shape index (κ3) is 4.76. The molecule has 0 radical (unpaired) electrons. The minimum atomic E-state index is -1.03. The van der Waals surface area contributed by atoms with Gasteiger partial charge in [-0.2, -0.15) is 0 Å². The smallest absolute Gasteiger partial charge is 0.234 e. The van der Waals surface area contributed by atoms with Gasteiger partial charge in [-0.05, 0) is 36.4 Å². The van der Waals surface area contributed by atoms with Gasteiger partial charge in [0.25, 0.3) is 0 Å². The molecule has 0 aliphatic carbocycles. The SMILES string of the molecule is O=C(CSc1nnc(-c2ccccc2Cl)n1-c1ccccc1)Nc1ccc(F)c(F)c1. The first-order valence-electron chi connectivity index (χ1n) is 9.16. The molecule has 1 heterocycles. The highest BCUT2D eigenvalue weighted by Crippen LogP contribution is 2.31. The molecule has 3 aromatic carbocycles. The highest BCUT2D eigenvalue weighted by atomic mass is 35.5. The van der Waals surface area contributed by atoms with E-state index in [0.29, 0.717) is 21.6 Å². The van der Waals surface area contributed by atoms with Crippen molar-refractivity contribution in [2.24, 2.45) is 0 Å². The van der Waals surface area contributed by atoms with Crippen molar-refractivity contribution in [3.05, 3.63) is 89.5 Å². The first-order chi connectivity index (χ1) is 15.0. The van der Waals surface area contributed by atoms with E-state index in [1.165, 1.54) is 6.07 Å². The normalized spacial score (nSPS) is 10.8. The van der Waals surface area contributed by atoms with Crippen molar-refractivity contribution in [3.8, 4) is 17.1 Å². The molecule has 0 saturated heterocycles. The number of nitrogens with one attached hydrogen (secondary N) is 1. The molecule has 9 heteroatoms. The van der Waals surface area contributed by atoms with Crippen molar-refractivity contribution in [2.45, 2.75) is 5.16 Å². The predicted octanol–water partition coefficient (Wildman–Crippen LogP) is 5.60. The summed E-state index contributed by atoms with van der Waals surface area (Å²) in [6.45, 7) is 0. The zero-order valence-electron chi connectivity index (χ0n) is 15.9. The summed E-state index contributed by atoms with van der Waals surface area (Å²) in [6, 6.07) is 19.9. The maximum absolute atomic E-state index is 13.4. The number of amides is 1. The Labute approximate surface area is 186 Å². The summed E-state index contributed by atoms with van der Waals surface area (Å²) in [5.41, 5.74) is 1.69. The molecular weight excluding hydrogens is 442 g/mol. The molecule has 156 valence electrons. The van der Waals surface area contributed by atoms with Crippen LogP contribution < -0.4 is 5.32 Å². The van der Waals surface area contributed by atoms with Gasteiger partial charge in [0.1, 0.15) is 0 Å². The number of carbonyl (C=O) groups excluding carboxylic acids is 1. The molecule has 0 aliphatic heterocycles. The molecule has 0 bridgehead atoms. The fraction of sp³-hybridized carbons (Fsp3) is 0.0455. The Morgan fingerprint density at radius 1 is 0.968 bits per heavy atom. The van der Waals surface area contributed by atoms with Gasteiger partial charge in [-0.3, -0.25) is 9.36 Å². The maximum atomic E-state index is 13.4. The number of benzene rings is 3. The quantitative estimate of drug-likeness (QED) is 0.384. The number of thioether (sulfide) groups is 1. The minimum absolute atomic E-state index is 0.00746.